The second-order valence-corrected chi connectivity index (χ2v) is 7.23. The van der Waals surface area contributed by atoms with Gasteiger partial charge in [0.25, 0.3) is 0 Å². The van der Waals surface area contributed by atoms with E-state index in [0.717, 1.165) is 15.9 Å². The summed E-state index contributed by atoms with van der Waals surface area (Å²) in [6.45, 7) is 4.20. The van der Waals surface area contributed by atoms with E-state index in [-0.39, 0.29) is 11.9 Å². The van der Waals surface area contributed by atoms with Crippen molar-refractivity contribution in [3.05, 3.63) is 50.6 Å². The quantitative estimate of drug-likeness (QED) is 0.874. The van der Waals surface area contributed by atoms with Gasteiger partial charge in [-0.15, -0.1) is 11.3 Å². The number of hydrogen-bond donors (Lipinski definition) is 1. The van der Waals surface area contributed by atoms with Gasteiger partial charge in [-0.1, -0.05) is 13.8 Å². The van der Waals surface area contributed by atoms with Crippen LogP contribution in [-0.4, -0.2) is 11.0 Å². The third-order valence-electron chi connectivity index (χ3n) is 2.68. The molecule has 2 rings (SSSR count). The van der Waals surface area contributed by atoms with Crippen molar-refractivity contribution in [2.45, 2.75) is 32.4 Å². The normalized spacial score (nSPS) is 12.9. The predicted molar refractivity (Wildman–Crippen MR) is 80.9 cm³/mol. The van der Waals surface area contributed by atoms with Crippen LogP contribution in [0.5, 0.6) is 0 Å². The summed E-state index contributed by atoms with van der Waals surface area (Å²) in [6, 6.07) is 7.81. The van der Waals surface area contributed by atoms with Gasteiger partial charge in [-0.2, -0.15) is 0 Å². The van der Waals surface area contributed by atoms with Gasteiger partial charge in [-0.25, -0.2) is 4.39 Å². The van der Waals surface area contributed by atoms with Crippen molar-refractivity contribution in [2.75, 3.05) is 0 Å². The van der Waals surface area contributed by atoms with Crippen LogP contribution in [0.3, 0.4) is 0 Å². The van der Waals surface area contributed by atoms with Crippen LogP contribution < -0.4 is 5.32 Å². The summed E-state index contributed by atoms with van der Waals surface area (Å²) >= 11 is 5.19. The fourth-order valence-corrected chi connectivity index (χ4v) is 3.44. The zero-order chi connectivity index (χ0) is 13.8. The SMILES string of the molecule is CC(C)NC(Cc1ccc(Br)s1)c1ccc(F)cn1. The predicted octanol–water partition coefficient (Wildman–Crippen LogP) is 4.33. The van der Waals surface area contributed by atoms with E-state index < -0.39 is 0 Å². The molecule has 0 fully saturated rings. The molecule has 2 heterocycles. The fourth-order valence-electron chi connectivity index (χ4n) is 1.91. The molecule has 0 aliphatic heterocycles. The molecule has 0 bridgehead atoms. The number of rotatable bonds is 5. The van der Waals surface area contributed by atoms with E-state index in [0.29, 0.717) is 6.04 Å². The Hall–Kier alpha value is -0.780. The van der Waals surface area contributed by atoms with Crippen molar-refractivity contribution in [2.24, 2.45) is 0 Å². The van der Waals surface area contributed by atoms with Gasteiger partial charge in [0, 0.05) is 17.3 Å². The molecule has 0 saturated heterocycles. The molecule has 0 amide bonds. The van der Waals surface area contributed by atoms with E-state index in [1.807, 2.05) is 6.07 Å². The van der Waals surface area contributed by atoms with Crippen LogP contribution in [-0.2, 0) is 6.42 Å². The lowest BCUT2D eigenvalue weighted by Gasteiger charge is -2.20. The van der Waals surface area contributed by atoms with Crippen LogP contribution in [0.2, 0.25) is 0 Å². The first-order valence-corrected chi connectivity index (χ1v) is 7.77. The number of nitrogens with one attached hydrogen (secondary N) is 1. The Labute approximate surface area is 125 Å². The van der Waals surface area contributed by atoms with E-state index in [9.17, 15) is 4.39 Å². The van der Waals surface area contributed by atoms with Gasteiger partial charge in [0.15, 0.2) is 0 Å². The Morgan fingerprint density at radius 2 is 2.11 bits per heavy atom. The molecule has 2 aromatic rings. The van der Waals surface area contributed by atoms with Gasteiger partial charge >= 0.3 is 0 Å². The van der Waals surface area contributed by atoms with E-state index in [1.54, 1.807) is 17.4 Å². The maximum Gasteiger partial charge on any atom is 0.141 e. The van der Waals surface area contributed by atoms with Crippen LogP contribution in [0.25, 0.3) is 0 Å². The van der Waals surface area contributed by atoms with Crippen LogP contribution in [0.15, 0.2) is 34.2 Å². The van der Waals surface area contributed by atoms with Crippen molar-refractivity contribution in [3.63, 3.8) is 0 Å². The molecule has 0 aromatic carbocycles. The standard InChI is InChI=1S/C14H16BrFN2S/c1-9(2)18-13(7-11-4-6-14(15)19-11)12-5-3-10(16)8-17-12/h3-6,8-9,13,18H,7H2,1-2H3. The molecule has 0 saturated carbocycles. The molecule has 1 atom stereocenters. The number of halogens is 2. The summed E-state index contributed by atoms with van der Waals surface area (Å²) < 4.78 is 14.1. The molecular weight excluding hydrogens is 327 g/mol. The zero-order valence-electron chi connectivity index (χ0n) is 10.9. The lowest BCUT2D eigenvalue weighted by atomic mass is 10.1. The lowest BCUT2D eigenvalue weighted by Crippen LogP contribution is -2.30. The average Bonchev–Trinajstić information content (AvgIpc) is 2.74. The molecule has 102 valence electrons. The van der Waals surface area contributed by atoms with Crippen molar-refractivity contribution < 1.29 is 4.39 Å². The van der Waals surface area contributed by atoms with Gasteiger partial charge in [-0.3, -0.25) is 4.98 Å². The van der Waals surface area contributed by atoms with E-state index in [2.05, 4.69) is 46.1 Å². The maximum atomic E-state index is 13.0. The number of nitrogens with zero attached hydrogens (tertiary/aromatic N) is 1. The molecule has 0 radical (unpaired) electrons. The van der Waals surface area contributed by atoms with Crippen LogP contribution in [0, 0.1) is 5.82 Å². The zero-order valence-corrected chi connectivity index (χ0v) is 13.3. The lowest BCUT2D eigenvalue weighted by molar-refractivity contribution is 0.466. The summed E-state index contributed by atoms with van der Waals surface area (Å²) in [5.41, 5.74) is 0.875. The highest BCUT2D eigenvalue weighted by Crippen LogP contribution is 2.26. The van der Waals surface area contributed by atoms with Crippen LogP contribution in [0.1, 0.15) is 30.5 Å². The van der Waals surface area contributed by atoms with Crippen molar-refractivity contribution >= 4 is 27.3 Å². The van der Waals surface area contributed by atoms with Gasteiger partial charge in [-0.05, 0) is 40.2 Å². The largest absolute Gasteiger partial charge is 0.306 e. The van der Waals surface area contributed by atoms with Crippen LogP contribution in [0.4, 0.5) is 4.39 Å². The number of thiophene rings is 1. The summed E-state index contributed by atoms with van der Waals surface area (Å²) in [5.74, 6) is -0.300. The summed E-state index contributed by atoms with van der Waals surface area (Å²) in [6.07, 6.45) is 2.13. The maximum absolute atomic E-state index is 13.0. The fraction of sp³-hybridized carbons (Fsp3) is 0.357. The Bertz CT molecular complexity index is 524. The van der Waals surface area contributed by atoms with Gasteiger partial charge < -0.3 is 5.32 Å². The first-order valence-electron chi connectivity index (χ1n) is 6.16. The highest BCUT2D eigenvalue weighted by atomic mass is 79.9. The average molecular weight is 343 g/mol. The third-order valence-corrected chi connectivity index (χ3v) is 4.32. The smallest absolute Gasteiger partial charge is 0.141 e. The molecule has 1 N–H and O–H groups in total. The van der Waals surface area contributed by atoms with Crippen molar-refractivity contribution in [3.8, 4) is 0 Å². The van der Waals surface area contributed by atoms with Gasteiger partial charge in [0.1, 0.15) is 5.82 Å². The Kier molecular flexibility index (Phi) is 5.07. The molecule has 2 aromatic heterocycles. The summed E-state index contributed by atoms with van der Waals surface area (Å²) in [7, 11) is 0. The van der Waals surface area contributed by atoms with E-state index in [1.165, 1.54) is 17.1 Å². The Balaban J connectivity index is 2.17. The molecule has 0 spiro atoms. The second kappa shape index (κ2) is 6.59. The molecule has 5 heteroatoms. The number of pyridine rings is 1. The first kappa shape index (κ1) is 14.6. The second-order valence-electron chi connectivity index (χ2n) is 4.69. The van der Waals surface area contributed by atoms with Crippen molar-refractivity contribution in [1.82, 2.24) is 10.3 Å². The topological polar surface area (TPSA) is 24.9 Å². The number of hydrogen-bond acceptors (Lipinski definition) is 3. The summed E-state index contributed by atoms with van der Waals surface area (Å²) in [4.78, 5) is 5.46. The monoisotopic (exact) mass is 342 g/mol. The van der Waals surface area contributed by atoms with Gasteiger partial charge in [0.2, 0.25) is 0 Å². The highest BCUT2D eigenvalue weighted by Gasteiger charge is 2.15. The molecule has 2 nitrogen and oxygen atoms in total. The minimum atomic E-state index is -0.300. The third kappa shape index (κ3) is 4.37. The number of aromatic nitrogens is 1. The van der Waals surface area contributed by atoms with E-state index >= 15 is 0 Å². The van der Waals surface area contributed by atoms with Crippen LogP contribution >= 0.6 is 27.3 Å². The first-order chi connectivity index (χ1) is 9.04. The van der Waals surface area contributed by atoms with E-state index in [4.69, 9.17) is 0 Å². The molecule has 1 unspecified atom stereocenters. The van der Waals surface area contributed by atoms with Crippen molar-refractivity contribution in [1.29, 1.82) is 0 Å². The Morgan fingerprint density at radius 3 is 2.63 bits per heavy atom. The summed E-state index contributed by atoms with van der Waals surface area (Å²) in [5, 5.41) is 3.48. The minimum absolute atomic E-state index is 0.103. The molecule has 19 heavy (non-hydrogen) atoms. The molecule has 0 aliphatic carbocycles. The minimum Gasteiger partial charge on any atom is -0.306 e. The van der Waals surface area contributed by atoms with Gasteiger partial charge in [0.05, 0.1) is 21.7 Å². The highest BCUT2D eigenvalue weighted by molar-refractivity contribution is 9.11. The Morgan fingerprint density at radius 1 is 1.32 bits per heavy atom. The molecular formula is C14H16BrFN2S. The molecule has 0 aliphatic rings.